The second-order valence-corrected chi connectivity index (χ2v) is 6.98. The van der Waals surface area contributed by atoms with Gasteiger partial charge in [0.1, 0.15) is 11.6 Å². The van der Waals surface area contributed by atoms with E-state index in [4.69, 9.17) is 0 Å². The van der Waals surface area contributed by atoms with Crippen molar-refractivity contribution in [2.75, 3.05) is 0 Å². The molecule has 0 fully saturated rings. The number of halogens is 1. The molecule has 2 N–H and O–H groups in total. The lowest BCUT2D eigenvalue weighted by atomic mass is 10.2. The van der Waals surface area contributed by atoms with Gasteiger partial charge in [0.15, 0.2) is 5.82 Å². The van der Waals surface area contributed by atoms with Crippen LogP contribution in [0.15, 0.2) is 58.5 Å². The van der Waals surface area contributed by atoms with Gasteiger partial charge in [-0.05, 0) is 31.2 Å². The van der Waals surface area contributed by atoms with Crippen LogP contribution in [0.5, 0.6) is 0 Å². The second kappa shape index (κ2) is 6.72. The smallest absolute Gasteiger partial charge is 0.258 e. The molecule has 0 amide bonds. The van der Waals surface area contributed by atoms with Gasteiger partial charge in [-0.3, -0.25) is 9.89 Å². The summed E-state index contributed by atoms with van der Waals surface area (Å²) in [6, 6.07) is 13.5. The summed E-state index contributed by atoms with van der Waals surface area (Å²) < 4.78 is 13.9. The number of aromatic amines is 2. The molecular formula is C18H14FN5OS. The van der Waals surface area contributed by atoms with Crippen LogP contribution in [0.3, 0.4) is 0 Å². The van der Waals surface area contributed by atoms with Crippen LogP contribution in [0.25, 0.3) is 22.3 Å². The minimum absolute atomic E-state index is 0.180. The van der Waals surface area contributed by atoms with E-state index >= 15 is 0 Å². The highest BCUT2D eigenvalue weighted by molar-refractivity contribution is 7.99. The third-order valence-electron chi connectivity index (χ3n) is 3.89. The summed E-state index contributed by atoms with van der Waals surface area (Å²) in [6.45, 7) is 1.90. The molecule has 26 heavy (non-hydrogen) atoms. The highest BCUT2D eigenvalue weighted by Gasteiger charge is 2.16. The summed E-state index contributed by atoms with van der Waals surface area (Å²) in [5.41, 5.74) is 0.817. The SMILES string of the molecule is C[C@H](Sc1n[nH]c(-c2ccccc2F)n1)c1nc2ccccc2c(=O)[nH]1. The van der Waals surface area contributed by atoms with Gasteiger partial charge in [-0.25, -0.2) is 14.4 Å². The van der Waals surface area contributed by atoms with E-state index in [1.165, 1.54) is 17.8 Å². The second-order valence-electron chi connectivity index (χ2n) is 5.67. The van der Waals surface area contributed by atoms with Crippen LogP contribution in [0.2, 0.25) is 0 Å². The Kier molecular flexibility index (Phi) is 4.26. The number of aromatic nitrogens is 5. The molecule has 4 aromatic rings. The number of H-pyrrole nitrogens is 2. The maximum absolute atomic E-state index is 13.9. The van der Waals surface area contributed by atoms with Gasteiger partial charge in [0.25, 0.3) is 5.56 Å². The van der Waals surface area contributed by atoms with Crippen molar-refractivity contribution in [1.82, 2.24) is 25.1 Å². The lowest BCUT2D eigenvalue weighted by Gasteiger charge is -2.08. The van der Waals surface area contributed by atoms with Crippen molar-refractivity contribution in [3.8, 4) is 11.4 Å². The summed E-state index contributed by atoms with van der Waals surface area (Å²) >= 11 is 1.33. The molecule has 6 nitrogen and oxygen atoms in total. The molecule has 130 valence electrons. The third-order valence-corrected chi connectivity index (χ3v) is 4.86. The minimum atomic E-state index is -0.367. The van der Waals surface area contributed by atoms with E-state index in [-0.39, 0.29) is 16.6 Å². The molecule has 0 aliphatic heterocycles. The fraction of sp³-hybridized carbons (Fsp3) is 0.111. The molecule has 0 saturated carbocycles. The fourth-order valence-corrected chi connectivity index (χ4v) is 3.37. The van der Waals surface area contributed by atoms with Gasteiger partial charge in [0.2, 0.25) is 5.16 Å². The number of nitrogens with one attached hydrogen (secondary N) is 2. The van der Waals surface area contributed by atoms with Crippen molar-refractivity contribution < 1.29 is 4.39 Å². The van der Waals surface area contributed by atoms with Gasteiger partial charge in [-0.15, -0.1) is 5.10 Å². The van der Waals surface area contributed by atoms with Crippen LogP contribution < -0.4 is 5.56 Å². The molecule has 0 saturated heterocycles. The molecule has 0 unspecified atom stereocenters. The first-order chi connectivity index (χ1) is 12.6. The summed E-state index contributed by atoms with van der Waals surface area (Å²) in [6.07, 6.45) is 0. The molecule has 0 aliphatic rings. The van der Waals surface area contributed by atoms with Crippen molar-refractivity contribution in [2.24, 2.45) is 0 Å². The van der Waals surface area contributed by atoms with Gasteiger partial charge in [0, 0.05) is 0 Å². The summed E-state index contributed by atoms with van der Waals surface area (Å²) in [5, 5.41) is 7.69. The van der Waals surface area contributed by atoms with Gasteiger partial charge in [-0.1, -0.05) is 36.0 Å². The number of rotatable bonds is 4. The predicted octanol–water partition coefficient (Wildman–Crippen LogP) is 3.70. The van der Waals surface area contributed by atoms with Crippen molar-refractivity contribution in [3.05, 3.63) is 70.5 Å². The van der Waals surface area contributed by atoms with E-state index in [0.717, 1.165) is 0 Å². The maximum atomic E-state index is 13.9. The molecule has 0 spiro atoms. The Morgan fingerprint density at radius 3 is 2.69 bits per heavy atom. The zero-order valence-corrected chi connectivity index (χ0v) is 14.5. The first-order valence-electron chi connectivity index (χ1n) is 7.95. The van der Waals surface area contributed by atoms with E-state index in [2.05, 4.69) is 25.1 Å². The molecule has 0 aliphatic carbocycles. The number of thioether (sulfide) groups is 1. The zero-order chi connectivity index (χ0) is 18.1. The molecule has 2 aromatic carbocycles. The Morgan fingerprint density at radius 1 is 1.08 bits per heavy atom. The average Bonchev–Trinajstić information content (AvgIpc) is 3.10. The lowest BCUT2D eigenvalue weighted by Crippen LogP contribution is -2.12. The van der Waals surface area contributed by atoms with Crippen LogP contribution in [0, 0.1) is 5.82 Å². The number of benzene rings is 2. The zero-order valence-electron chi connectivity index (χ0n) is 13.7. The normalized spacial score (nSPS) is 12.4. The van der Waals surface area contributed by atoms with Crippen molar-refractivity contribution in [1.29, 1.82) is 0 Å². The Morgan fingerprint density at radius 2 is 1.85 bits per heavy atom. The Bertz CT molecular complexity index is 1140. The minimum Gasteiger partial charge on any atom is -0.309 e. The lowest BCUT2D eigenvalue weighted by molar-refractivity contribution is 0.630. The van der Waals surface area contributed by atoms with Crippen LogP contribution in [-0.2, 0) is 0 Å². The molecule has 2 heterocycles. The largest absolute Gasteiger partial charge is 0.309 e. The number of hydrogen-bond donors (Lipinski definition) is 2. The predicted molar refractivity (Wildman–Crippen MR) is 98.4 cm³/mol. The first kappa shape index (κ1) is 16.5. The van der Waals surface area contributed by atoms with Gasteiger partial charge in [0.05, 0.1) is 21.7 Å². The Balaban J connectivity index is 1.60. The molecule has 2 aromatic heterocycles. The van der Waals surface area contributed by atoms with Crippen molar-refractivity contribution >= 4 is 22.7 Å². The molecule has 1 atom stereocenters. The van der Waals surface area contributed by atoms with E-state index in [1.807, 2.05) is 13.0 Å². The summed E-state index contributed by atoms with van der Waals surface area (Å²) in [5.74, 6) is 0.530. The topological polar surface area (TPSA) is 87.3 Å². The molecule has 0 bridgehead atoms. The monoisotopic (exact) mass is 367 g/mol. The molecule has 8 heteroatoms. The van der Waals surface area contributed by atoms with Gasteiger partial charge in [-0.2, -0.15) is 0 Å². The van der Waals surface area contributed by atoms with E-state index < -0.39 is 0 Å². The number of para-hydroxylation sites is 1. The van der Waals surface area contributed by atoms with Crippen molar-refractivity contribution in [3.63, 3.8) is 0 Å². The number of fused-ring (bicyclic) bond motifs is 1. The summed E-state index contributed by atoms with van der Waals surface area (Å²) in [7, 11) is 0. The Labute approximate surface area is 151 Å². The van der Waals surface area contributed by atoms with E-state index in [9.17, 15) is 9.18 Å². The highest BCUT2D eigenvalue weighted by Crippen LogP contribution is 2.32. The van der Waals surface area contributed by atoms with Crippen molar-refractivity contribution in [2.45, 2.75) is 17.3 Å². The molecule has 4 rings (SSSR count). The van der Waals surface area contributed by atoms with Crippen LogP contribution in [0.1, 0.15) is 18.0 Å². The standard InChI is InChI=1S/C18H14FN5OS/c1-10(15-20-14-9-5-3-7-12(14)17(25)21-15)26-18-22-16(23-24-18)11-6-2-4-8-13(11)19/h2-10H,1H3,(H,20,21,25)(H,22,23,24)/t10-/m0/s1. The molecule has 0 radical (unpaired) electrons. The highest BCUT2D eigenvalue weighted by atomic mass is 32.2. The van der Waals surface area contributed by atoms with E-state index in [0.29, 0.717) is 33.3 Å². The van der Waals surface area contributed by atoms with Crippen LogP contribution in [-0.4, -0.2) is 25.1 Å². The summed E-state index contributed by atoms with van der Waals surface area (Å²) in [4.78, 5) is 23.8. The molecular weight excluding hydrogens is 353 g/mol. The third kappa shape index (κ3) is 3.11. The Hall–Kier alpha value is -3.00. The van der Waals surface area contributed by atoms with Crippen LogP contribution in [0.4, 0.5) is 4.39 Å². The number of hydrogen-bond acceptors (Lipinski definition) is 5. The number of nitrogens with zero attached hydrogens (tertiary/aromatic N) is 3. The first-order valence-corrected chi connectivity index (χ1v) is 8.82. The van der Waals surface area contributed by atoms with Gasteiger partial charge < -0.3 is 4.98 Å². The maximum Gasteiger partial charge on any atom is 0.258 e. The average molecular weight is 367 g/mol. The quantitative estimate of drug-likeness (QED) is 0.537. The van der Waals surface area contributed by atoms with E-state index in [1.54, 1.807) is 36.4 Å². The fourth-order valence-electron chi connectivity index (χ4n) is 2.58. The van der Waals surface area contributed by atoms with Crippen LogP contribution >= 0.6 is 11.8 Å². The van der Waals surface area contributed by atoms with Gasteiger partial charge >= 0.3 is 0 Å².